The van der Waals surface area contributed by atoms with Gasteiger partial charge in [0.05, 0.1) is 11.6 Å². The lowest BCUT2D eigenvalue weighted by molar-refractivity contribution is -0.125. The van der Waals surface area contributed by atoms with Gasteiger partial charge in [-0.15, -0.1) is 0 Å². The summed E-state index contributed by atoms with van der Waals surface area (Å²) >= 11 is 0. The molecule has 0 aliphatic carbocycles. The number of benzene rings is 1. The number of carbonyl (C=O) groups excluding carboxylic acids is 2. The van der Waals surface area contributed by atoms with Crippen molar-refractivity contribution in [3.8, 4) is 5.75 Å². The summed E-state index contributed by atoms with van der Waals surface area (Å²) < 4.78 is 0. The van der Waals surface area contributed by atoms with Gasteiger partial charge in [0.2, 0.25) is 0 Å². The van der Waals surface area contributed by atoms with Gasteiger partial charge in [-0.1, -0.05) is 12.1 Å². The van der Waals surface area contributed by atoms with Crippen LogP contribution in [0.15, 0.2) is 29.8 Å². The number of nitrogens with zero attached hydrogens (tertiary/aromatic N) is 1. The summed E-state index contributed by atoms with van der Waals surface area (Å²) in [6.07, 6.45) is 1.52. The molecule has 1 fully saturated rings. The zero-order chi connectivity index (χ0) is 12.6. The number of likely N-dealkylation sites (tertiary alicyclic amines) is 1. The first-order valence-corrected chi connectivity index (χ1v) is 5.33. The maximum absolute atomic E-state index is 11.8. The molecular formula is C13H13NO3. The first kappa shape index (κ1) is 11.4. The number of phenols is 1. The molecule has 1 aliphatic rings. The maximum atomic E-state index is 11.8. The van der Waals surface area contributed by atoms with Gasteiger partial charge in [0.15, 0.2) is 5.78 Å². The average molecular weight is 231 g/mol. The Bertz CT molecular complexity index is 497. The highest BCUT2D eigenvalue weighted by atomic mass is 16.3. The molecule has 0 bridgehead atoms. The molecule has 1 aromatic carbocycles. The van der Waals surface area contributed by atoms with E-state index in [1.165, 1.54) is 23.1 Å². The predicted octanol–water partition coefficient (Wildman–Crippen LogP) is 1.21. The van der Waals surface area contributed by atoms with Gasteiger partial charge in [0.1, 0.15) is 5.75 Å². The van der Waals surface area contributed by atoms with Crippen LogP contribution in [0.4, 0.5) is 0 Å². The van der Waals surface area contributed by atoms with E-state index in [4.69, 9.17) is 0 Å². The average Bonchev–Trinajstić information content (AvgIpc) is 2.47. The molecule has 17 heavy (non-hydrogen) atoms. The third-order valence-corrected chi connectivity index (χ3v) is 2.96. The quantitative estimate of drug-likeness (QED) is 0.583. The molecule has 1 heterocycles. The number of aromatic hydroxyl groups is 1. The van der Waals surface area contributed by atoms with Crippen LogP contribution in [0.3, 0.4) is 0 Å². The van der Waals surface area contributed by atoms with E-state index in [0.717, 1.165) is 0 Å². The number of phenolic OH excluding ortho intramolecular Hbond substituents is 1. The predicted molar refractivity (Wildman–Crippen MR) is 63.3 cm³/mol. The third kappa shape index (κ3) is 1.93. The van der Waals surface area contributed by atoms with Crippen LogP contribution in [0.1, 0.15) is 12.5 Å². The molecule has 1 aliphatic heterocycles. The molecule has 88 valence electrons. The minimum Gasteiger partial charge on any atom is -0.508 e. The highest BCUT2D eigenvalue weighted by Crippen LogP contribution is 2.22. The number of amides is 1. The smallest absolute Gasteiger partial charge is 0.257 e. The van der Waals surface area contributed by atoms with Gasteiger partial charge in [-0.05, 0) is 30.7 Å². The number of hydrogen-bond acceptors (Lipinski definition) is 3. The molecule has 0 radical (unpaired) electrons. The lowest BCUT2D eigenvalue weighted by atomic mass is 10.1. The van der Waals surface area contributed by atoms with Gasteiger partial charge in [0, 0.05) is 7.05 Å². The molecule has 1 amide bonds. The van der Waals surface area contributed by atoms with Crippen molar-refractivity contribution in [2.45, 2.75) is 13.0 Å². The summed E-state index contributed by atoms with van der Waals surface area (Å²) in [6, 6.07) is 6.03. The van der Waals surface area contributed by atoms with Crippen molar-refractivity contribution in [3.05, 3.63) is 35.4 Å². The molecule has 4 heteroatoms. The Balaban J connectivity index is 2.41. The fourth-order valence-electron chi connectivity index (χ4n) is 1.79. The summed E-state index contributed by atoms with van der Waals surface area (Å²) in [7, 11) is 1.61. The summed E-state index contributed by atoms with van der Waals surface area (Å²) in [5.41, 5.74) is 0.815. The Morgan fingerprint density at radius 3 is 2.59 bits per heavy atom. The third-order valence-electron chi connectivity index (χ3n) is 2.96. The molecular weight excluding hydrogens is 218 g/mol. The minimum atomic E-state index is -0.411. The zero-order valence-electron chi connectivity index (χ0n) is 9.68. The summed E-state index contributed by atoms with van der Waals surface area (Å²) in [6.45, 7) is 1.70. The van der Waals surface area contributed by atoms with Gasteiger partial charge >= 0.3 is 0 Å². The van der Waals surface area contributed by atoms with Crippen LogP contribution in [0.5, 0.6) is 5.75 Å². The Labute approximate surface area is 99.2 Å². The van der Waals surface area contributed by atoms with E-state index in [1.54, 1.807) is 26.1 Å². The first-order valence-electron chi connectivity index (χ1n) is 5.33. The Morgan fingerprint density at radius 2 is 2.06 bits per heavy atom. The molecule has 4 nitrogen and oxygen atoms in total. The normalized spacial score (nSPS) is 22.6. The van der Waals surface area contributed by atoms with Gasteiger partial charge in [-0.2, -0.15) is 0 Å². The van der Waals surface area contributed by atoms with E-state index in [2.05, 4.69) is 0 Å². The molecule has 1 aromatic rings. The summed E-state index contributed by atoms with van der Waals surface area (Å²) in [5, 5.41) is 9.31. The highest BCUT2D eigenvalue weighted by Gasteiger charge is 2.37. The lowest BCUT2D eigenvalue weighted by Gasteiger charge is -2.11. The second kappa shape index (κ2) is 4.05. The molecule has 0 saturated carbocycles. The number of hydrogen-bond donors (Lipinski definition) is 1. The van der Waals surface area contributed by atoms with Crippen molar-refractivity contribution >= 4 is 17.8 Å². The Hall–Kier alpha value is -2.10. The van der Waals surface area contributed by atoms with E-state index in [-0.39, 0.29) is 23.0 Å². The number of Topliss-reactive ketones (excluding diaryl/α,β-unsaturated/α-hetero) is 1. The van der Waals surface area contributed by atoms with E-state index in [9.17, 15) is 14.7 Å². The molecule has 1 atom stereocenters. The fourth-order valence-corrected chi connectivity index (χ4v) is 1.79. The number of carbonyl (C=O) groups is 2. The SMILES string of the molecule is CC1C(=O)C(=Cc2cccc(O)c2)C(=O)N1C. The maximum Gasteiger partial charge on any atom is 0.257 e. The Morgan fingerprint density at radius 1 is 1.35 bits per heavy atom. The van der Waals surface area contributed by atoms with Crippen molar-refractivity contribution in [3.63, 3.8) is 0 Å². The molecule has 1 saturated heterocycles. The van der Waals surface area contributed by atoms with Crippen molar-refractivity contribution in [2.75, 3.05) is 7.05 Å². The zero-order valence-corrected chi connectivity index (χ0v) is 9.68. The first-order chi connectivity index (χ1) is 8.00. The second-order valence-electron chi connectivity index (χ2n) is 4.11. The van der Waals surface area contributed by atoms with E-state index >= 15 is 0 Å². The van der Waals surface area contributed by atoms with E-state index in [1.807, 2.05) is 0 Å². The standard InChI is InChI=1S/C13H13NO3/c1-8-12(16)11(13(17)14(8)2)7-9-4-3-5-10(15)6-9/h3-8,15H,1-2H3. The van der Waals surface area contributed by atoms with Gasteiger partial charge in [-0.25, -0.2) is 0 Å². The summed E-state index contributed by atoms with van der Waals surface area (Å²) in [5.74, 6) is -0.342. The van der Waals surface area contributed by atoms with Crippen LogP contribution in [0.2, 0.25) is 0 Å². The van der Waals surface area contributed by atoms with E-state index < -0.39 is 6.04 Å². The molecule has 1 N–H and O–H groups in total. The lowest BCUT2D eigenvalue weighted by Crippen LogP contribution is -2.28. The van der Waals surface area contributed by atoms with E-state index in [0.29, 0.717) is 5.56 Å². The minimum absolute atomic E-state index is 0.110. The van der Waals surface area contributed by atoms with Crippen molar-refractivity contribution in [2.24, 2.45) is 0 Å². The highest BCUT2D eigenvalue weighted by molar-refractivity contribution is 6.28. The van der Waals surface area contributed by atoms with Crippen LogP contribution >= 0.6 is 0 Å². The molecule has 2 rings (SSSR count). The second-order valence-corrected chi connectivity index (χ2v) is 4.11. The van der Waals surface area contributed by atoms with Crippen LogP contribution in [-0.2, 0) is 9.59 Å². The number of likely N-dealkylation sites (N-methyl/N-ethyl adjacent to an activating group) is 1. The van der Waals surface area contributed by atoms with Gasteiger partial charge in [0.25, 0.3) is 5.91 Å². The van der Waals surface area contributed by atoms with Gasteiger partial charge in [-0.3, -0.25) is 9.59 Å². The topological polar surface area (TPSA) is 57.6 Å². The molecule has 0 aromatic heterocycles. The summed E-state index contributed by atoms with van der Waals surface area (Å²) in [4.78, 5) is 25.0. The van der Waals surface area contributed by atoms with Crippen LogP contribution < -0.4 is 0 Å². The van der Waals surface area contributed by atoms with Gasteiger partial charge < -0.3 is 10.0 Å². The Kier molecular flexibility index (Phi) is 2.71. The monoisotopic (exact) mass is 231 g/mol. The number of ketones is 1. The van der Waals surface area contributed by atoms with Crippen LogP contribution in [-0.4, -0.2) is 34.8 Å². The number of rotatable bonds is 1. The van der Waals surface area contributed by atoms with Crippen molar-refractivity contribution in [1.29, 1.82) is 0 Å². The van der Waals surface area contributed by atoms with Crippen LogP contribution in [0, 0.1) is 0 Å². The van der Waals surface area contributed by atoms with Crippen LogP contribution in [0.25, 0.3) is 6.08 Å². The van der Waals surface area contributed by atoms with Crippen molar-refractivity contribution in [1.82, 2.24) is 4.90 Å². The molecule has 0 spiro atoms. The fraction of sp³-hybridized carbons (Fsp3) is 0.231. The van der Waals surface area contributed by atoms with Crippen molar-refractivity contribution < 1.29 is 14.7 Å². The molecule has 1 unspecified atom stereocenters. The largest absolute Gasteiger partial charge is 0.508 e.